The van der Waals surface area contributed by atoms with Crippen LogP contribution >= 0.6 is 0 Å². The summed E-state index contributed by atoms with van der Waals surface area (Å²) in [7, 11) is 0. The highest BCUT2D eigenvalue weighted by molar-refractivity contribution is 5.68. The van der Waals surface area contributed by atoms with Crippen LogP contribution in [0.3, 0.4) is 0 Å². The fourth-order valence-corrected chi connectivity index (χ4v) is 2.44. The summed E-state index contributed by atoms with van der Waals surface area (Å²) in [5, 5.41) is 7.05. The molecule has 2 unspecified atom stereocenters. The van der Waals surface area contributed by atoms with Gasteiger partial charge in [-0.25, -0.2) is 9.78 Å². The van der Waals surface area contributed by atoms with Crippen LogP contribution in [0.5, 0.6) is 0 Å². The van der Waals surface area contributed by atoms with Crippen molar-refractivity contribution in [2.45, 2.75) is 58.2 Å². The Bertz CT molecular complexity index is 411. The van der Waals surface area contributed by atoms with Crippen LogP contribution in [0.25, 0.3) is 0 Å². The first-order chi connectivity index (χ1) is 8.92. The zero-order chi connectivity index (χ0) is 13.9. The van der Waals surface area contributed by atoms with E-state index >= 15 is 0 Å². The maximum Gasteiger partial charge on any atom is 0.407 e. The van der Waals surface area contributed by atoms with Crippen molar-refractivity contribution in [3.8, 4) is 0 Å². The fourth-order valence-electron chi connectivity index (χ4n) is 2.44. The molecule has 1 aliphatic carbocycles. The predicted molar refractivity (Wildman–Crippen MR) is 70.5 cm³/mol. The van der Waals surface area contributed by atoms with Gasteiger partial charge in [0.2, 0.25) is 0 Å². The molecule has 1 saturated carbocycles. The Morgan fingerprint density at radius 3 is 2.89 bits per heavy atom. The number of alkyl carbamates (subject to hydrolysis) is 1. The van der Waals surface area contributed by atoms with Gasteiger partial charge in [0.25, 0.3) is 0 Å². The van der Waals surface area contributed by atoms with E-state index in [2.05, 4.69) is 15.4 Å². The van der Waals surface area contributed by atoms with Gasteiger partial charge >= 0.3 is 6.09 Å². The maximum absolute atomic E-state index is 11.7. The van der Waals surface area contributed by atoms with Crippen molar-refractivity contribution in [3.05, 3.63) is 12.7 Å². The molecule has 1 amide bonds. The second kappa shape index (κ2) is 5.59. The Hall–Kier alpha value is -1.59. The predicted octanol–water partition coefficient (Wildman–Crippen LogP) is 1.97. The van der Waals surface area contributed by atoms with Crippen molar-refractivity contribution in [1.82, 2.24) is 20.1 Å². The number of nitrogens with one attached hydrogen (secondary N) is 1. The van der Waals surface area contributed by atoms with Gasteiger partial charge in [0, 0.05) is 12.6 Å². The van der Waals surface area contributed by atoms with Crippen LogP contribution in [-0.2, 0) is 11.3 Å². The third-order valence-corrected chi connectivity index (χ3v) is 3.17. The Labute approximate surface area is 113 Å². The molecule has 106 valence electrons. The van der Waals surface area contributed by atoms with Crippen LogP contribution in [0, 0.1) is 5.92 Å². The van der Waals surface area contributed by atoms with Crippen molar-refractivity contribution in [2.75, 3.05) is 0 Å². The maximum atomic E-state index is 11.7. The molecule has 6 nitrogen and oxygen atoms in total. The zero-order valence-corrected chi connectivity index (χ0v) is 11.8. The normalized spacial score (nSPS) is 23.3. The molecule has 0 aliphatic heterocycles. The lowest BCUT2D eigenvalue weighted by Gasteiger charge is -2.21. The third-order valence-electron chi connectivity index (χ3n) is 3.17. The fraction of sp³-hybridized carbons (Fsp3) is 0.769. The van der Waals surface area contributed by atoms with Crippen LogP contribution in [0.15, 0.2) is 12.7 Å². The summed E-state index contributed by atoms with van der Waals surface area (Å²) in [6.45, 7) is 6.48. The van der Waals surface area contributed by atoms with Gasteiger partial charge in [-0.3, -0.25) is 4.68 Å². The molecule has 0 radical (unpaired) electrons. The molecule has 1 aromatic rings. The minimum absolute atomic E-state index is 0.211. The van der Waals surface area contributed by atoms with Gasteiger partial charge in [0.1, 0.15) is 18.3 Å². The number of hydrogen-bond acceptors (Lipinski definition) is 4. The van der Waals surface area contributed by atoms with E-state index in [0.717, 1.165) is 25.8 Å². The first-order valence-electron chi connectivity index (χ1n) is 6.74. The Morgan fingerprint density at radius 1 is 1.47 bits per heavy atom. The summed E-state index contributed by atoms with van der Waals surface area (Å²) < 4.78 is 7.11. The molecule has 0 spiro atoms. The molecule has 1 aromatic heterocycles. The van der Waals surface area contributed by atoms with Gasteiger partial charge in [-0.05, 0) is 46.0 Å². The molecule has 1 aliphatic rings. The Balaban J connectivity index is 1.74. The molecule has 1 heterocycles. The summed E-state index contributed by atoms with van der Waals surface area (Å²) >= 11 is 0. The molecule has 6 heteroatoms. The van der Waals surface area contributed by atoms with Crippen molar-refractivity contribution in [1.29, 1.82) is 0 Å². The van der Waals surface area contributed by atoms with Gasteiger partial charge < -0.3 is 10.1 Å². The van der Waals surface area contributed by atoms with Crippen molar-refractivity contribution in [3.63, 3.8) is 0 Å². The molecule has 1 fully saturated rings. The van der Waals surface area contributed by atoms with E-state index in [1.165, 1.54) is 0 Å². The van der Waals surface area contributed by atoms with E-state index in [9.17, 15) is 4.79 Å². The van der Waals surface area contributed by atoms with Crippen LogP contribution in [0.1, 0.15) is 40.0 Å². The molecule has 2 rings (SSSR count). The summed E-state index contributed by atoms with van der Waals surface area (Å²) in [6.07, 6.45) is 6.02. The molecule has 2 atom stereocenters. The van der Waals surface area contributed by atoms with Crippen LogP contribution in [0.4, 0.5) is 4.79 Å². The Kier molecular flexibility index (Phi) is 4.07. The highest BCUT2D eigenvalue weighted by Crippen LogP contribution is 2.27. The largest absolute Gasteiger partial charge is 0.444 e. The number of amides is 1. The molecule has 19 heavy (non-hydrogen) atoms. The van der Waals surface area contributed by atoms with E-state index in [4.69, 9.17) is 4.74 Å². The number of ether oxygens (including phenoxy) is 1. The second-order valence-electron chi connectivity index (χ2n) is 6.14. The molecule has 0 aromatic carbocycles. The lowest BCUT2D eigenvalue weighted by molar-refractivity contribution is 0.0504. The smallest absolute Gasteiger partial charge is 0.407 e. The lowest BCUT2D eigenvalue weighted by atomic mass is 10.1. The second-order valence-corrected chi connectivity index (χ2v) is 6.14. The van der Waals surface area contributed by atoms with Crippen molar-refractivity contribution in [2.24, 2.45) is 5.92 Å². The minimum Gasteiger partial charge on any atom is -0.444 e. The lowest BCUT2D eigenvalue weighted by Crippen LogP contribution is -2.38. The van der Waals surface area contributed by atoms with Gasteiger partial charge in [-0.15, -0.1) is 0 Å². The summed E-state index contributed by atoms with van der Waals surface area (Å²) in [4.78, 5) is 15.6. The van der Waals surface area contributed by atoms with Crippen LogP contribution in [0.2, 0.25) is 0 Å². The standard InChI is InChI=1S/C13H22N4O2/c1-13(2,3)19-12(18)16-11-5-4-10(6-11)7-17-9-14-8-15-17/h8-11H,4-7H2,1-3H3,(H,16,18). The number of aromatic nitrogens is 3. The van der Waals surface area contributed by atoms with Gasteiger partial charge in [-0.1, -0.05) is 0 Å². The van der Waals surface area contributed by atoms with E-state index in [1.54, 1.807) is 12.7 Å². The minimum atomic E-state index is -0.442. The first kappa shape index (κ1) is 13.8. The summed E-state index contributed by atoms with van der Waals surface area (Å²) in [5.74, 6) is 0.543. The molecule has 0 saturated heterocycles. The van der Waals surface area contributed by atoms with Gasteiger partial charge in [0.15, 0.2) is 0 Å². The van der Waals surface area contributed by atoms with Gasteiger partial charge in [-0.2, -0.15) is 5.10 Å². The van der Waals surface area contributed by atoms with Crippen LogP contribution < -0.4 is 5.32 Å². The number of rotatable bonds is 3. The highest BCUT2D eigenvalue weighted by atomic mass is 16.6. The molecule has 1 N–H and O–H groups in total. The number of carbonyl (C=O) groups excluding carboxylic acids is 1. The van der Waals surface area contributed by atoms with E-state index in [-0.39, 0.29) is 12.1 Å². The molecular weight excluding hydrogens is 244 g/mol. The first-order valence-corrected chi connectivity index (χ1v) is 6.74. The quantitative estimate of drug-likeness (QED) is 0.908. The third kappa shape index (κ3) is 4.54. The zero-order valence-electron chi connectivity index (χ0n) is 11.8. The SMILES string of the molecule is CC(C)(C)OC(=O)NC1CCC(Cn2cncn2)C1. The van der Waals surface area contributed by atoms with Crippen LogP contribution in [-0.4, -0.2) is 32.5 Å². The van der Waals surface area contributed by atoms with Gasteiger partial charge in [0.05, 0.1) is 0 Å². The monoisotopic (exact) mass is 266 g/mol. The highest BCUT2D eigenvalue weighted by Gasteiger charge is 2.27. The van der Waals surface area contributed by atoms with Crippen molar-refractivity contribution < 1.29 is 9.53 Å². The summed E-state index contributed by atoms with van der Waals surface area (Å²) in [5.41, 5.74) is -0.442. The van der Waals surface area contributed by atoms with Crippen molar-refractivity contribution >= 4 is 6.09 Å². The molecule has 0 bridgehead atoms. The number of carbonyl (C=O) groups is 1. The average Bonchev–Trinajstić information content (AvgIpc) is 2.88. The number of hydrogen-bond donors (Lipinski definition) is 1. The Morgan fingerprint density at radius 2 is 2.26 bits per heavy atom. The summed E-state index contributed by atoms with van der Waals surface area (Å²) in [6, 6.07) is 0.211. The average molecular weight is 266 g/mol. The van der Waals surface area contributed by atoms with E-state index in [1.807, 2.05) is 25.5 Å². The van der Waals surface area contributed by atoms with E-state index in [0.29, 0.717) is 5.92 Å². The molecular formula is C13H22N4O2. The number of nitrogens with zero attached hydrogens (tertiary/aromatic N) is 3. The topological polar surface area (TPSA) is 69.0 Å². The van der Waals surface area contributed by atoms with E-state index < -0.39 is 5.60 Å².